The van der Waals surface area contributed by atoms with Crippen LogP contribution in [0.25, 0.3) is 0 Å². The van der Waals surface area contributed by atoms with Crippen LogP contribution in [-0.2, 0) is 12.8 Å². The van der Waals surface area contributed by atoms with E-state index in [1.54, 1.807) is 0 Å². The maximum Gasteiger partial charge on any atom is 0.166 e. The number of nitrogens with one attached hydrogen (secondary N) is 1. The van der Waals surface area contributed by atoms with Crippen LogP contribution >= 0.6 is 24.0 Å². The first kappa shape index (κ1) is 8.61. The monoisotopic (exact) mass is 225 g/mol. The number of thiol groups is 1. The number of hydrogen-bond acceptors (Lipinski definition) is 5. The van der Waals surface area contributed by atoms with Gasteiger partial charge >= 0.3 is 0 Å². The molecule has 2 aliphatic rings. The fourth-order valence-corrected chi connectivity index (χ4v) is 3.78. The van der Waals surface area contributed by atoms with E-state index in [1.807, 2.05) is 11.3 Å². The Bertz CT molecular complexity index is 422. The fraction of sp³-hybridized carbons (Fsp3) is 0.444. The minimum atomic E-state index is -0.179. The van der Waals surface area contributed by atoms with Gasteiger partial charge in [-0.15, -0.1) is 24.0 Å². The zero-order valence-corrected chi connectivity index (χ0v) is 9.29. The molecule has 14 heavy (non-hydrogen) atoms. The van der Waals surface area contributed by atoms with Crippen molar-refractivity contribution in [2.45, 2.75) is 24.8 Å². The molecule has 1 atom stereocenters. The molecule has 2 heterocycles. The summed E-state index contributed by atoms with van der Waals surface area (Å²) in [4.78, 5) is 5.70. The standard InChI is InChI=1S/C9H11N3S2/c10-7-6-4-2-1-3-5(4)14-8(6)12-9(13)11-7/h9,12-13H,1-3H2,(H2,10,11). The zero-order chi connectivity index (χ0) is 9.71. The third-order valence-corrected chi connectivity index (χ3v) is 4.17. The van der Waals surface area contributed by atoms with Crippen molar-refractivity contribution >= 4 is 34.8 Å². The zero-order valence-electron chi connectivity index (χ0n) is 7.58. The molecule has 0 saturated heterocycles. The predicted molar refractivity (Wildman–Crippen MR) is 63.5 cm³/mol. The van der Waals surface area contributed by atoms with Crippen molar-refractivity contribution in [3.63, 3.8) is 0 Å². The summed E-state index contributed by atoms with van der Waals surface area (Å²) in [5.74, 6) is 0.651. The Hall–Kier alpha value is -0.680. The Morgan fingerprint density at radius 2 is 2.36 bits per heavy atom. The molecule has 1 unspecified atom stereocenters. The van der Waals surface area contributed by atoms with E-state index in [9.17, 15) is 0 Å². The van der Waals surface area contributed by atoms with Crippen molar-refractivity contribution in [2.75, 3.05) is 5.32 Å². The predicted octanol–water partition coefficient (Wildman–Crippen LogP) is 1.58. The molecule has 1 aliphatic heterocycles. The van der Waals surface area contributed by atoms with Gasteiger partial charge in [-0.05, 0) is 24.8 Å². The van der Waals surface area contributed by atoms with Gasteiger partial charge in [-0.3, -0.25) is 0 Å². The quantitative estimate of drug-likeness (QED) is 0.587. The SMILES string of the molecule is NC1=NC(S)Nc2sc3c(c21)CCC3. The van der Waals surface area contributed by atoms with Gasteiger partial charge in [0.05, 0.1) is 5.56 Å². The minimum Gasteiger partial charge on any atom is -0.383 e. The smallest absolute Gasteiger partial charge is 0.166 e. The lowest BCUT2D eigenvalue weighted by Gasteiger charge is -2.17. The highest BCUT2D eigenvalue weighted by Crippen LogP contribution is 2.40. The first-order valence-electron chi connectivity index (χ1n) is 4.68. The molecule has 0 amide bonds. The summed E-state index contributed by atoms with van der Waals surface area (Å²) in [6, 6.07) is 0. The van der Waals surface area contributed by atoms with Crippen LogP contribution in [0.3, 0.4) is 0 Å². The maximum atomic E-state index is 5.92. The number of thiophene rings is 1. The highest BCUT2D eigenvalue weighted by Gasteiger charge is 2.27. The summed E-state index contributed by atoms with van der Waals surface area (Å²) < 4.78 is 0. The van der Waals surface area contributed by atoms with Gasteiger partial charge in [0.25, 0.3) is 0 Å². The second kappa shape index (κ2) is 2.90. The molecule has 3 rings (SSSR count). The van der Waals surface area contributed by atoms with Crippen molar-refractivity contribution in [3.05, 3.63) is 16.0 Å². The highest BCUT2D eigenvalue weighted by molar-refractivity contribution is 7.81. The lowest BCUT2D eigenvalue weighted by atomic mass is 10.1. The number of anilines is 1. The summed E-state index contributed by atoms with van der Waals surface area (Å²) in [6.45, 7) is 0. The van der Waals surface area contributed by atoms with Crippen molar-refractivity contribution in [1.29, 1.82) is 0 Å². The molecular weight excluding hydrogens is 214 g/mol. The number of rotatable bonds is 0. The Kier molecular flexibility index (Phi) is 1.79. The number of nitrogens with zero attached hydrogens (tertiary/aromatic N) is 1. The van der Waals surface area contributed by atoms with Crippen LogP contribution in [0.5, 0.6) is 0 Å². The average Bonchev–Trinajstić information content (AvgIpc) is 2.60. The van der Waals surface area contributed by atoms with Crippen LogP contribution < -0.4 is 11.1 Å². The van der Waals surface area contributed by atoms with Crippen LogP contribution in [-0.4, -0.2) is 11.3 Å². The van der Waals surface area contributed by atoms with Gasteiger partial charge in [-0.25, -0.2) is 4.99 Å². The van der Waals surface area contributed by atoms with Crippen LogP contribution in [0.2, 0.25) is 0 Å². The lowest BCUT2D eigenvalue weighted by molar-refractivity contribution is 0.912. The summed E-state index contributed by atoms with van der Waals surface area (Å²) >= 11 is 6.08. The normalized spacial score (nSPS) is 23.8. The van der Waals surface area contributed by atoms with E-state index in [1.165, 1.54) is 23.3 Å². The molecular formula is C9H11N3S2. The molecule has 1 aromatic heterocycles. The molecule has 1 aliphatic carbocycles. The van der Waals surface area contributed by atoms with E-state index in [4.69, 9.17) is 5.73 Å². The summed E-state index contributed by atoms with van der Waals surface area (Å²) in [5.41, 5.74) is 8.30. The Morgan fingerprint density at radius 3 is 3.21 bits per heavy atom. The number of aryl methyl sites for hydroxylation is 1. The van der Waals surface area contributed by atoms with E-state index < -0.39 is 0 Å². The first-order chi connectivity index (χ1) is 6.75. The van der Waals surface area contributed by atoms with Gasteiger partial charge in [-0.2, -0.15) is 0 Å². The summed E-state index contributed by atoms with van der Waals surface area (Å²) in [5, 5.41) is 4.39. The fourth-order valence-electron chi connectivity index (χ4n) is 2.12. The molecule has 3 nitrogen and oxygen atoms in total. The van der Waals surface area contributed by atoms with Gasteiger partial charge in [0, 0.05) is 4.88 Å². The summed E-state index contributed by atoms with van der Waals surface area (Å²) in [7, 11) is 0. The molecule has 74 valence electrons. The first-order valence-corrected chi connectivity index (χ1v) is 6.02. The molecule has 0 spiro atoms. The molecule has 5 heteroatoms. The second-order valence-electron chi connectivity index (χ2n) is 3.59. The largest absolute Gasteiger partial charge is 0.383 e. The number of amidine groups is 1. The molecule has 1 aromatic rings. The van der Waals surface area contributed by atoms with E-state index in [0.29, 0.717) is 5.84 Å². The van der Waals surface area contributed by atoms with E-state index in [0.717, 1.165) is 17.0 Å². The van der Waals surface area contributed by atoms with E-state index in [-0.39, 0.29) is 5.50 Å². The number of aliphatic imine (C=N–C) groups is 1. The molecule has 0 radical (unpaired) electrons. The molecule has 0 aromatic carbocycles. The number of hydrogen-bond donors (Lipinski definition) is 3. The Balaban J connectivity index is 2.19. The Morgan fingerprint density at radius 1 is 1.50 bits per heavy atom. The third kappa shape index (κ3) is 1.09. The van der Waals surface area contributed by atoms with Gasteiger partial charge in [0.2, 0.25) is 0 Å². The van der Waals surface area contributed by atoms with Gasteiger partial charge in [0.15, 0.2) is 5.50 Å². The summed E-state index contributed by atoms with van der Waals surface area (Å²) in [6.07, 6.45) is 3.60. The number of nitrogens with two attached hydrogens (primary N) is 1. The molecule has 0 saturated carbocycles. The maximum absolute atomic E-state index is 5.92. The van der Waals surface area contributed by atoms with Gasteiger partial charge < -0.3 is 11.1 Å². The lowest BCUT2D eigenvalue weighted by Crippen LogP contribution is -2.26. The van der Waals surface area contributed by atoms with Crippen LogP contribution in [0.1, 0.15) is 22.4 Å². The van der Waals surface area contributed by atoms with Crippen LogP contribution in [0.4, 0.5) is 5.00 Å². The van der Waals surface area contributed by atoms with Crippen molar-refractivity contribution in [1.82, 2.24) is 0 Å². The molecule has 3 N–H and O–H groups in total. The van der Waals surface area contributed by atoms with Crippen molar-refractivity contribution < 1.29 is 0 Å². The molecule has 0 fully saturated rings. The van der Waals surface area contributed by atoms with Gasteiger partial charge in [0.1, 0.15) is 10.8 Å². The minimum absolute atomic E-state index is 0.179. The van der Waals surface area contributed by atoms with Gasteiger partial charge in [-0.1, -0.05) is 0 Å². The second-order valence-corrected chi connectivity index (χ2v) is 5.19. The van der Waals surface area contributed by atoms with Crippen LogP contribution in [0.15, 0.2) is 4.99 Å². The van der Waals surface area contributed by atoms with Crippen molar-refractivity contribution in [3.8, 4) is 0 Å². The van der Waals surface area contributed by atoms with Crippen LogP contribution in [0, 0.1) is 0 Å². The highest BCUT2D eigenvalue weighted by atomic mass is 32.1. The average molecular weight is 225 g/mol. The van der Waals surface area contributed by atoms with E-state index >= 15 is 0 Å². The topological polar surface area (TPSA) is 50.4 Å². The Labute approximate surface area is 91.8 Å². The molecule has 0 bridgehead atoms. The van der Waals surface area contributed by atoms with Crippen molar-refractivity contribution in [2.24, 2.45) is 10.7 Å². The number of fused-ring (bicyclic) bond motifs is 3. The van der Waals surface area contributed by atoms with E-state index in [2.05, 4.69) is 22.9 Å². The third-order valence-electron chi connectivity index (χ3n) is 2.70.